The van der Waals surface area contributed by atoms with Crippen molar-refractivity contribution in [2.75, 3.05) is 34.0 Å². The maximum atomic E-state index is 12.6. The van der Waals surface area contributed by atoms with Gasteiger partial charge in [-0.2, -0.15) is 0 Å². The Bertz CT molecular complexity index is 1580. The van der Waals surface area contributed by atoms with Gasteiger partial charge in [0.05, 0.1) is 62.4 Å². The first kappa shape index (κ1) is 53.1. The number of hydrogen-bond acceptors (Lipinski definition) is 23. The van der Waals surface area contributed by atoms with Crippen LogP contribution in [0.2, 0.25) is 0 Å². The zero-order valence-corrected chi connectivity index (χ0v) is 37.4. The summed E-state index contributed by atoms with van der Waals surface area (Å²) in [5.41, 5.74) is 0. The summed E-state index contributed by atoms with van der Waals surface area (Å²) in [5.74, 6) is -1.95. The number of allylic oxidation sites excluding steroid dienone is 1. The number of aliphatic hydroxyl groups is 15. The highest BCUT2D eigenvalue weighted by atomic mass is 16.7. The fourth-order valence-electron chi connectivity index (χ4n) is 10.8. The van der Waals surface area contributed by atoms with Gasteiger partial charge in [0.15, 0.2) is 37.2 Å². The number of aliphatic hydroxyl groups excluding tert-OH is 13. The Morgan fingerprint density at radius 3 is 1.85 bits per heavy atom. The van der Waals surface area contributed by atoms with Gasteiger partial charge in [-0.25, -0.2) is 4.79 Å². The highest BCUT2D eigenvalue weighted by Crippen LogP contribution is 2.44. The first-order valence-corrected chi connectivity index (χ1v) is 23.2. The van der Waals surface area contributed by atoms with Crippen molar-refractivity contribution >= 4 is 5.97 Å². The molecule has 0 aromatic heterocycles. The Kier molecular flexibility index (Phi) is 18.4. The van der Waals surface area contributed by atoms with Crippen LogP contribution in [-0.2, 0) is 47.4 Å². The van der Waals surface area contributed by atoms with E-state index in [1.54, 1.807) is 6.08 Å². The van der Waals surface area contributed by atoms with Crippen LogP contribution in [0.4, 0.5) is 0 Å². The van der Waals surface area contributed by atoms with Crippen LogP contribution in [0, 0.1) is 17.8 Å². The number of esters is 1. The van der Waals surface area contributed by atoms with E-state index in [1.807, 2.05) is 0 Å². The van der Waals surface area contributed by atoms with E-state index < -0.39 is 179 Å². The molecule has 0 spiro atoms. The number of carbonyl (C=O) groups excluding carboxylic acids is 1. The average Bonchev–Trinajstić information content (AvgIpc) is 3.31. The van der Waals surface area contributed by atoms with Gasteiger partial charge < -0.3 is 114 Å². The van der Waals surface area contributed by atoms with Crippen molar-refractivity contribution in [3.05, 3.63) is 12.2 Å². The third-order valence-electron chi connectivity index (χ3n) is 14.7. The number of ether oxygens (including phenoxy) is 10. The van der Waals surface area contributed by atoms with Gasteiger partial charge in [0.25, 0.3) is 0 Å². The highest BCUT2D eigenvalue weighted by molar-refractivity contribution is 5.82. The lowest BCUT2D eigenvalue weighted by Crippen LogP contribution is -2.64. The number of rotatable bonds is 14. The topological polar surface area (TPSA) is 376 Å². The molecule has 0 amide bonds. The summed E-state index contributed by atoms with van der Waals surface area (Å²) in [4.78, 5) is 12.6. The van der Waals surface area contributed by atoms with Gasteiger partial charge in [-0.1, -0.05) is 6.08 Å². The smallest absolute Gasteiger partial charge is 0.330 e. The molecule has 0 radical (unpaired) electrons. The first-order chi connectivity index (χ1) is 31.9. The van der Waals surface area contributed by atoms with Crippen LogP contribution >= 0.6 is 0 Å². The maximum absolute atomic E-state index is 12.6. The summed E-state index contributed by atoms with van der Waals surface area (Å²) in [6.45, 7) is -1.67. The molecular weight excluding hydrogens is 900 g/mol. The summed E-state index contributed by atoms with van der Waals surface area (Å²) < 4.78 is 57.5. The molecule has 7 fully saturated rings. The average molecular weight is 972 g/mol. The van der Waals surface area contributed by atoms with Gasteiger partial charge in [-0.3, -0.25) is 0 Å². The van der Waals surface area contributed by atoms with Crippen LogP contribution < -0.4 is 0 Å². The summed E-state index contributed by atoms with van der Waals surface area (Å²) >= 11 is 0. The minimum absolute atomic E-state index is 0.0335. The number of hydrogen-bond donors (Lipinski definition) is 13. The van der Waals surface area contributed by atoms with E-state index in [9.17, 15) is 71.2 Å². The standard InChI is InChI=1S/C43H70O24/c1-58-24-8-17(9-25(59-2)31(24)49)40-26(12-19-22(63-40)10-18(45)11-23(19)64-42-38(56)35(53)32(50)27(13-44)66-42)65-43-39(57)36(54)33(51)29(67-43)15-61-41-37(55)34(52)28(14-60-41)62-30(48)6-4-16-3-5-20(46)21(47)7-16/h4,6,16-29,31-47,49-57H,3,5,7-15H2,1-2H3/p+1. The van der Waals surface area contributed by atoms with Gasteiger partial charge in [0, 0.05) is 39.1 Å². The molecule has 0 aromatic carbocycles. The van der Waals surface area contributed by atoms with E-state index in [2.05, 4.69) is 0 Å². The summed E-state index contributed by atoms with van der Waals surface area (Å²) in [6, 6.07) is 0. The number of carbonyl (C=O) groups is 1. The summed E-state index contributed by atoms with van der Waals surface area (Å²) in [6.07, 6.45) is -26.0. The molecule has 7 aliphatic rings. The Hall–Kier alpha value is -1.67. The highest BCUT2D eigenvalue weighted by Gasteiger charge is 2.58. The van der Waals surface area contributed by atoms with Crippen molar-refractivity contribution in [3.8, 4) is 0 Å². The molecule has 24 heteroatoms. The van der Waals surface area contributed by atoms with Crippen molar-refractivity contribution in [2.45, 2.75) is 198 Å². The zero-order valence-electron chi connectivity index (χ0n) is 37.4. The Morgan fingerprint density at radius 1 is 0.612 bits per heavy atom. The molecule has 25 atom stereocenters. The first-order valence-electron chi connectivity index (χ1n) is 23.2. The SMILES string of the molecule is COC1CC(C2[OH+]C3CC(O)CC(OC4OC(CO)C(O)C(O)C4O)C3CC2OC2OC(COC3OCC(OC(=O)C=CC4CCC(O)C(O)C4)C(O)C3O)C(O)C(O)C2O)CC(OC)C1O. The lowest BCUT2D eigenvalue weighted by Gasteiger charge is -2.50. The maximum Gasteiger partial charge on any atom is 0.330 e. The molecule has 67 heavy (non-hydrogen) atoms. The monoisotopic (exact) mass is 971 g/mol. The van der Waals surface area contributed by atoms with Crippen LogP contribution in [0.1, 0.15) is 51.4 Å². The van der Waals surface area contributed by atoms with Crippen molar-refractivity contribution in [3.63, 3.8) is 0 Å². The van der Waals surface area contributed by atoms with Crippen molar-refractivity contribution in [1.29, 1.82) is 0 Å². The molecule has 4 heterocycles. The normalized spacial score (nSPS) is 51.0. The molecule has 3 saturated carbocycles. The quantitative estimate of drug-likeness (QED) is 0.0437. The molecule has 4 saturated heterocycles. The fourth-order valence-corrected chi connectivity index (χ4v) is 10.8. The largest absolute Gasteiger partial charge is 0.454 e. The number of methoxy groups -OCH3 is 2. The second kappa shape index (κ2) is 23.3. The Labute approximate surface area is 386 Å². The molecule has 7 rings (SSSR count). The predicted octanol–water partition coefficient (Wildman–Crippen LogP) is -6.31. The molecule has 14 N–H and O–H groups in total. The van der Waals surface area contributed by atoms with Crippen LogP contribution in [0.25, 0.3) is 0 Å². The van der Waals surface area contributed by atoms with E-state index in [4.69, 9.17) is 47.4 Å². The molecule has 386 valence electrons. The van der Waals surface area contributed by atoms with E-state index in [0.717, 1.165) is 6.08 Å². The van der Waals surface area contributed by atoms with Crippen LogP contribution in [0.15, 0.2) is 12.2 Å². The fraction of sp³-hybridized carbons (Fsp3) is 0.930. The second-order valence-electron chi connectivity index (χ2n) is 19.1. The van der Waals surface area contributed by atoms with Gasteiger partial charge in [0.2, 0.25) is 0 Å². The lowest BCUT2D eigenvalue weighted by atomic mass is 9.72. The molecule has 3 aliphatic carbocycles. The third kappa shape index (κ3) is 12.0. The third-order valence-corrected chi connectivity index (χ3v) is 14.7. The second-order valence-corrected chi connectivity index (χ2v) is 19.1. The zero-order chi connectivity index (χ0) is 48.4. The van der Waals surface area contributed by atoms with Crippen LogP contribution in [0.3, 0.4) is 0 Å². The molecule has 0 bridgehead atoms. The number of fused-ring (bicyclic) bond motifs is 1. The van der Waals surface area contributed by atoms with Crippen LogP contribution in [-0.4, -0.2) is 258 Å². The lowest BCUT2D eigenvalue weighted by molar-refractivity contribution is -0.370. The summed E-state index contributed by atoms with van der Waals surface area (Å²) in [5, 5.41) is 138. The van der Waals surface area contributed by atoms with Crippen molar-refractivity contribution in [2.24, 2.45) is 17.8 Å². The van der Waals surface area contributed by atoms with E-state index in [-0.39, 0.29) is 37.5 Å². The van der Waals surface area contributed by atoms with E-state index >= 15 is 0 Å². The van der Waals surface area contributed by atoms with Crippen LogP contribution in [0.5, 0.6) is 0 Å². The van der Waals surface area contributed by atoms with Crippen molar-refractivity contribution in [1.82, 2.24) is 0 Å². The van der Waals surface area contributed by atoms with E-state index in [1.165, 1.54) is 14.2 Å². The minimum atomic E-state index is -1.85. The molecule has 4 aliphatic heterocycles. The van der Waals surface area contributed by atoms with E-state index in [0.29, 0.717) is 25.7 Å². The van der Waals surface area contributed by atoms with Gasteiger partial charge in [-0.15, -0.1) is 0 Å². The van der Waals surface area contributed by atoms with Gasteiger partial charge in [-0.05, 0) is 44.4 Å². The summed E-state index contributed by atoms with van der Waals surface area (Å²) in [7, 11) is 2.91. The van der Waals surface area contributed by atoms with Crippen molar-refractivity contribution < 1.29 is 119 Å². The predicted molar refractivity (Wildman–Crippen MR) is 220 cm³/mol. The Morgan fingerprint density at radius 2 is 1.22 bits per heavy atom. The minimum Gasteiger partial charge on any atom is -0.454 e. The Balaban J connectivity index is 1.03. The van der Waals surface area contributed by atoms with Gasteiger partial charge >= 0.3 is 5.97 Å². The molecular formula is C43H71O24+. The molecule has 24 nitrogen and oxygen atoms in total. The molecule has 0 aromatic rings. The molecule has 25 unspecified atom stereocenters. The van der Waals surface area contributed by atoms with Gasteiger partial charge in [0.1, 0.15) is 73.2 Å².